The summed E-state index contributed by atoms with van der Waals surface area (Å²) >= 11 is 12.0. The lowest BCUT2D eigenvalue weighted by Gasteiger charge is -1.97. The SMILES string of the molecule is Clc1ccncc1/C=C/c1cnccc1Cl. The van der Waals surface area contributed by atoms with Crippen LogP contribution in [0, 0.1) is 0 Å². The van der Waals surface area contributed by atoms with Gasteiger partial charge >= 0.3 is 0 Å². The van der Waals surface area contributed by atoms with Crippen LogP contribution in [-0.2, 0) is 0 Å². The molecule has 0 spiro atoms. The third-order valence-electron chi connectivity index (χ3n) is 2.04. The smallest absolute Gasteiger partial charge is 0.0509 e. The minimum atomic E-state index is 0.659. The monoisotopic (exact) mass is 250 g/mol. The van der Waals surface area contributed by atoms with Crippen molar-refractivity contribution in [2.24, 2.45) is 0 Å². The molecule has 2 heterocycles. The molecule has 0 N–H and O–H groups in total. The van der Waals surface area contributed by atoms with E-state index in [0.29, 0.717) is 10.0 Å². The topological polar surface area (TPSA) is 25.8 Å². The van der Waals surface area contributed by atoms with E-state index in [-0.39, 0.29) is 0 Å². The first-order chi connectivity index (χ1) is 7.77. The molecule has 0 saturated carbocycles. The molecule has 16 heavy (non-hydrogen) atoms. The van der Waals surface area contributed by atoms with Crippen LogP contribution in [0.15, 0.2) is 36.9 Å². The number of pyridine rings is 2. The molecule has 0 atom stereocenters. The Morgan fingerprint density at radius 3 is 1.62 bits per heavy atom. The van der Waals surface area contributed by atoms with E-state index in [2.05, 4.69) is 9.97 Å². The van der Waals surface area contributed by atoms with Gasteiger partial charge in [0.25, 0.3) is 0 Å². The van der Waals surface area contributed by atoms with Gasteiger partial charge in [-0.2, -0.15) is 0 Å². The summed E-state index contributed by atoms with van der Waals surface area (Å²) in [5.41, 5.74) is 1.70. The van der Waals surface area contributed by atoms with Crippen LogP contribution in [0.4, 0.5) is 0 Å². The Kier molecular flexibility index (Phi) is 3.54. The Morgan fingerprint density at radius 1 is 0.812 bits per heavy atom. The van der Waals surface area contributed by atoms with E-state index >= 15 is 0 Å². The van der Waals surface area contributed by atoms with E-state index in [1.165, 1.54) is 0 Å². The highest BCUT2D eigenvalue weighted by atomic mass is 35.5. The van der Waals surface area contributed by atoms with Crippen LogP contribution in [0.2, 0.25) is 10.0 Å². The van der Waals surface area contributed by atoms with Crippen LogP contribution in [-0.4, -0.2) is 9.97 Å². The molecule has 0 aliphatic rings. The summed E-state index contributed by atoms with van der Waals surface area (Å²) in [6.45, 7) is 0. The van der Waals surface area contributed by atoms with Gasteiger partial charge in [-0.15, -0.1) is 0 Å². The number of hydrogen-bond donors (Lipinski definition) is 0. The first kappa shape index (κ1) is 11.1. The number of aromatic nitrogens is 2. The molecule has 0 aromatic carbocycles. The summed E-state index contributed by atoms with van der Waals surface area (Å²) in [6, 6.07) is 3.48. The van der Waals surface area contributed by atoms with Gasteiger partial charge in [-0.05, 0) is 12.1 Å². The van der Waals surface area contributed by atoms with Gasteiger partial charge in [0.05, 0.1) is 10.0 Å². The number of halogens is 2. The molecule has 0 saturated heterocycles. The second-order valence-corrected chi connectivity index (χ2v) is 3.94. The standard InChI is InChI=1S/C12H8Cl2N2/c13-11-3-5-15-7-9(11)1-2-10-8-16-6-4-12(10)14/h1-8H/b2-1+. The fraction of sp³-hybridized carbons (Fsp3) is 0. The lowest BCUT2D eigenvalue weighted by Crippen LogP contribution is -1.79. The highest BCUT2D eigenvalue weighted by Crippen LogP contribution is 2.19. The maximum Gasteiger partial charge on any atom is 0.0509 e. The van der Waals surface area contributed by atoms with Crippen molar-refractivity contribution >= 4 is 35.4 Å². The highest BCUT2D eigenvalue weighted by molar-refractivity contribution is 6.33. The molecule has 0 fully saturated rings. The second-order valence-electron chi connectivity index (χ2n) is 3.13. The van der Waals surface area contributed by atoms with E-state index in [1.807, 2.05) is 12.2 Å². The van der Waals surface area contributed by atoms with Gasteiger partial charge < -0.3 is 0 Å². The molecule has 2 nitrogen and oxygen atoms in total. The van der Waals surface area contributed by atoms with Gasteiger partial charge in [0.1, 0.15) is 0 Å². The van der Waals surface area contributed by atoms with Gasteiger partial charge in [0.15, 0.2) is 0 Å². The molecular formula is C12H8Cl2N2. The summed E-state index contributed by atoms with van der Waals surface area (Å²) in [4.78, 5) is 7.99. The Labute approximate surface area is 104 Å². The maximum atomic E-state index is 5.99. The summed E-state index contributed by atoms with van der Waals surface area (Å²) in [5.74, 6) is 0. The predicted octanol–water partition coefficient (Wildman–Crippen LogP) is 3.95. The van der Waals surface area contributed by atoms with Gasteiger partial charge in [0.2, 0.25) is 0 Å². The van der Waals surface area contributed by atoms with Gasteiger partial charge in [-0.3, -0.25) is 9.97 Å². The van der Waals surface area contributed by atoms with Crippen molar-refractivity contribution in [2.45, 2.75) is 0 Å². The van der Waals surface area contributed by atoms with E-state index < -0.39 is 0 Å². The minimum absolute atomic E-state index is 0.659. The normalized spacial score (nSPS) is 10.9. The van der Waals surface area contributed by atoms with Crippen molar-refractivity contribution in [3.63, 3.8) is 0 Å². The molecule has 0 radical (unpaired) electrons. The average Bonchev–Trinajstić information content (AvgIpc) is 2.30. The number of hydrogen-bond acceptors (Lipinski definition) is 2. The van der Waals surface area contributed by atoms with E-state index in [9.17, 15) is 0 Å². The summed E-state index contributed by atoms with van der Waals surface area (Å²) in [7, 11) is 0. The van der Waals surface area contributed by atoms with Crippen molar-refractivity contribution in [3.05, 3.63) is 58.1 Å². The zero-order valence-corrected chi connectivity index (χ0v) is 9.78. The van der Waals surface area contributed by atoms with Gasteiger partial charge in [-0.1, -0.05) is 35.4 Å². The van der Waals surface area contributed by atoms with Crippen molar-refractivity contribution in [3.8, 4) is 0 Å². The van der Waals surface area contributed by atoms with Gasteiger partial charge in [-0.25, -0.2) is 0 Å². The molecule has 4 heteroatoms. The molecule has 0 aliphatic carbocycles. The Morgan fingerprint density at radius 2 is 1.25 bits per heavy atom. The minimum Gasteiger partial charge on any atom is -0.264 e. The van der Waals surface area contributed by atoms with Crippen molar-refractivity contribution in [1.29, 1.82) is 0 Å². The van der Waals surface area contributed by atoms with Crippen molar-refractivity contribution < 1.29 is 0 Å². The van der Waals surface area contributed by atoms with Crippen LogP contribution in [0.1, 0.15) is 11.1 Å². The average molecular weight is 251 g/mol. The van der Waals surface area contributed by atoms with Crippen LogP contribution in [0.3, 0.4) is 0 Å². The Hall–Kier alpha value is -1.38. The second kappa shape index (κ2) is 5.10. The fourth-order valence-electron chi connectivity index (χ4n) is 1.20. The zero-order chi connectivity index (χ0) is 11.4. The molecule has 0 unspecified atom stereocenters. The first-order valence-electron chi connectivity index (χ1n) is 4.64. The third kappa shape index (κ3) is 2.60. The molecular weight excluding hydrogens is 243 g/mol. The summed E-state index contributed by atoms with van der Waals surface area (Å²) in [5, 5.41) is 1.32. The predicted molar refractivity (Wildman–Crippen MR) is 67.4 cm³/mol. The molecule has 0 bridgehead atoms. The quantitative estimate of drug-likeness (QED) is 0.807. The zero-order valence-electron chi connectivity index (χ0n) is 8.27. The highest BCUT2D eigenvalue weighted by Gasteiger charge is 1.97. The lowest BCUT2D eigenvalue weighted by atomic mass is 10.2. The molecule has 2 aromatic heterocycles. The van der Waals surface area contributed by atoms with Crippen LogP contribution in [0.25, 0.3) is 12.2 Å². The largest absolute Gasteiger partial charge is 0.264 e. The maximum absolute atomic E-state index is 5.99. The first-order valence-corrected chi connectivity index (χ1v) is 5.40. The Balaban J connectivity index is 2.29. The van der Waals surface area contributed by atoms with Crippen LogP contribution in [0.5, 0.6) is 0 Å². The van der Waals surface area contributed by atoms with E-state index in [0.717, 1.165) is 11.1 Å². The number of nitrogens with zero attached hydrogens (tertiary/aromatic N) is 2. The van der Waals surface area contributed by atoms with Crippen molar-refractivity contribution in [1.82, 2.24) is 9.97 Å². The molecule has 2 aromatic rings. The Bertz CT molecular complexity index is 476. The molecule has 0 amide bonds. The molecule has 0 aliphatic heterocycles. The van der Waals surface area contributed by atoms with Crippen LogP contribution < -0.4 is 0 Å². The summed E-state index contributed by atoms with van der Waals surface area (Å²) < 4.78 is 0. The number of rotatable bonds is 2. The van der Waals surface area contributed by atoms with Crippen LogP contribution >= 0.6 is 23.2 Å². The van der Waals surface area contributed by atoms with E-state index in [4.69, 9.17) is 23.2 Å². The van der Waals surface area contributed by atoms with Gasteiger partial charge in [0, 0.05) is 35.9 Å². The summed E-state index contributed by atoms with van der Waals surface area (Å²) in [6.07, 6.45) is 10.4. The molecule has 80 valence electrons. The lowest BCUT2D eigenvalue weighted by molar-refractivity contribution is 1.31. The fourth-order valence-corrected chi connectivity index (χ4v) is 1.54. The third-order valence-corrected chi connectivity index (χ3v) is 2.72. The molecule has 2 rings (SSSR count). The van der Waals surface area contributed by atoms with Crippen molar-refractivity contribution in [2.75, 3.05) is 0 Å². The van der Waals surface area contributed by atoms with E-state index in [1.54, 1.807) is 36.9 Å².